The summed E-state index contributed by atoms with van der Waals surface area (Å²) in [5.41, 5.74) is 0. The summed E-state index contributed by atoms with van der Waals surface area (Å²) >= 11 is 0. The molecule has 0 aromatic carbocycles. The summed E-state index contributed by atoms with van der Waals surface area (Å²) in [6.45, 7) is 3.56. The first-order valence-corrected chi connectivity index (χ1v) is 4.20. The van der Waals surface area contributed by atoms with Crippen LogP contribution >= 0.6 is 0 Å². The highest BCUT2D eigenvalue weighted by molar-refractivity contribution is 4.91. The van der Waals surface area contributed by atoms with Crippen LogP contribution in [0.1, 0.15) is 21.3 Å². The average molecular weight is 192 g/mol. The Morgan fingerprint density at radius 1 is 1.23 bits per heavy atom. The van der Waals surface area contributed by atoms with Crippen molar-refractivity contribution >= 4 is 0 Å². The van der Waals surface area contributed by atoms with E-state index < -0.39 is 18.3 Å². The van der Waals surface area contributed by atoms with Gasteiger partial charge in [0.15, 0.2) is 0 Å². The Morgan fingerprint density at radius 2 is 1.77 bits per heavy atom. The van der Waals surface area contributed by atoms with Crippen LogP contribution in [0.4, 0.5) is 0 Å². The van der Waals surface area contributed by atoms with Gasteiger partial charge in [-0.3, -0.25) is 0 Å². The number of aliphatic hydroxyl groups is 3. The molecule has 4 heteroatoms. The lowest BCUT2D eigenvalue weighted by Crippen LogP contribution is -2.35. The quantitative estimate of drug-likeness (QED) is 0.565. The van der Waals surface area contributed by atoms with Crippen molar-refractivity contribution in [2.45, 2.75) is 45.7 Å². The summed E-state index contributed by atoms with van der Waals surface area (Å²) in [5, 5.41) is 27.5. The number of hydrogen-bond donors (Lipinski definition) is 3. The van der Waals surface area contributed by atoms with Crippen molar-refractivity contribution < 1.29 is 20.1 Å². The van der Waals surface area contributed by atoms with Gasteiger partial charge < -0.3 is 20.1 Å². The molecule has 1 heterocycles. The minimum Gasteiger partial charge on any atom is -0.394 e. The molecular formula is C9H20O4. The van der Waals surface area contributed by atoms with Gasteiger partial charge in [-0.2, -0.15) is 0 Å². The second-order valence-electron chi connectivity index (χ2n) is 3.55. The van der Waals surface area contributed by atoms with Crippen molar-refractivity contribution in [3.05, 3.63) is 0 Å². The maximum absolute atomic E-state index is 9.44. The number of rotatable bonds is 2. The lowest BCUT2D eigenvalue weighted by Gasteiger charge is -2.17. The summed E-state index contributed by atoms with van der Waals surface area (Å²) in [5.74, 6) is 0.145. The standard InChI is InChI=1S/C8H16O4.CH4/c1-4(2)8-7(11)6(10)5(3-9)12-8;/h4-11H,3H2,1-2H3;1H4/t5-,6?,7+,8+;/m1./s1. The molecular weight excluding hydrogens is 172 g/mol. The molecule has 1 unspecified atom stereocenters. The summed E-state index contributed by atoms with van der Waals surface area (Å²) in [4.78, 5) is 0. The first-order valence-electron chi connectivity index (χ1n) is 4.20. The third-order valence-electron chi connectivity index (χ3n) is 2.24. The highest BCUT2D eigenvalue weighted by atomic mass is 16.6. The molecule has 0 aliphatic carbocycles. The largest absolute Gasteiger partial charge is 0.394 e. The van der Waals surface area contributed by atoms with Crippen molar-refractivity contribution in [2.75, 3.05) is 6.61 Å². The van der Waals surface area contributed by atoms with Crippen LogP contribution in [-0.2, 0) is 4.74 Å². The van der Waals surface area contributed by atoms with Crippen LogP contribution in [0.25, 0.3) is 0 Å². The van der Waals surface area contributed by atoms with Gasteiger partial charge >= 0.3 is 0 Å². The molecule has 0 bridgehead atoms. The molecule has 0 aromatic rings. The first-order chi connectivity index (χ1) is 5.57. The predicted molar refractivity (Wildman–Crippen MR) is 49.3 cm³/mol. The van der Waals surface area contributed by atoms with Gasteiger partial charge in [0.2, 0.25) is 0 Å². The molecule has 1 fully saturated rings. The number of aliphatic hydroxyl groups excluding tert-OH is 3. The summed E-state index contributed by atoms with van der Waals surface area (Å²) in [7, 11) is 0. The number of ether oxygens (including phenoxy) is 1. The van der Waals surface area contributed by atoms with Crippen LogP contribution in [0.15, 0.2) is 0 Å². The Hall–Kier alpha value is -0.160. The van der Waals surface area contributed by atoms with Gasteiger partial charge in [-0.25, -0.2) is 0 Å². The molecule has 1 rings (SSSR count). The van der Waals surface area contributed by atoms with Crippen LogP contribution in [0.3, 0.4) is 0 Å². The smallest absolute Gasteiger partial charge is 0.111 e. The third-order valence-corrected chi connectivity index (χ3v) is 2.24. The molecule has 0 aromatic heterocycles. The first kappa shape index (κ1) is 12.8. The number of hydrogen-bond acceptors (Lipinski definition) is 4. The average Bonchev–Trinajstić information content (AvgIpc) is 2.30. The van der Waals surface area contributed by atoms with Crippen LogP contribution in [0, 0.1) is 5.92 Å². The Bertz CT molecular complexity index is 149. The Labute approximate surface area is 79.2 Å². The minimum absolute atomic E-state index is 0. The SMILES string of the molecule is C.CC(C)[C@@H]1O[C@H](CO)C(O)[C@@H]1O. The van der Waals surface area contributed by atoms with E-state index in [4.69, 9.17) is 9.84 Å². The fraction of sp³-hybridized carbons (Fsp3) is 1.00. The van der Waals surface area contributed by atoms with E-state index in [0.29, 0.717) is 0 Å². The zero-order chi connectivity index (χ0) is 9.30. The summed E-state index contributed by atoms with van der Waals surface area (Å²) < 4.78 is 5.25. The maximum Gasteiger partial charge on any atom is 0.111 e. The molecule has 0 radical (unpaired) electrons. The van der Waals surface area contributed by atoms with Gasteiger partial charge in [-0.05, 0) is 5.92 Å². The zero-order valence-electron chi connectivity index (χ0n) is 7.34. The lowest BCUT2D eigenvalue weighted by atomic mass is 10.00. The Balaban J connectivity index is 0.00000144. The zero-order valence-corrected chi connectivity index (χ0v) is 7.34. The molecule has 13 heavy (non-hydrogen) atoms. The van der Waals surface area contributed by atoms with Crippen molar-refractivity contribution in [3.63, 3.8) is 0 Å². The van der Waals surface area contributed by atoms with E-state index >= 15 is 0 Å². The maximum atomic E-state index is 9.44. The fourth-order valence-electron chi connectivity index (χ4n) is 1.48. The second-order valence-corrected chi connectivity index (χ2v) is 3.55. The van der Waals surface area contributed by atoms with Gasteiger partial charge in [0.25, 0.3) is 0 Å². The lowest BCUT2D eigenvalue weighted by molar-refractivity contribution is -0.0369. The van der Waals surface area contributed by atoms with Gasteiger partial charge in [-0.1, -0.05) is 21.3 Å². The molecule has 3 N–H and O–H groups in total. The monoisotopic (exact) mass is 192 g/mol. The minimum atomic E-state index is -0.956. The van der Waals surface area contributed by atoms with Crippen molar-refractivity contribution in [3.8, 4) is 0 Å². The van der Waals surface area contributed by atoms with Gasteiger partial charge in [-0.15, -0.1) is 0 Å². The summed E-state index contributed by atoms with van der Waals surface area (Å²) in [6, 6.07) is 0. The Kier molecular flexibility index (Phi) is 4.85. The van der Waals surface area contributed by atoms with Crippen LogP contribution in [0.2, 0.25) is 0 Å². The highest BCUT2D eigenvalue weighted by Gasteiger charge is 2.43. The highest BCUT2D eigenvalue weighted by Crippen LogP contribution is 2.25. The molecule has 80 valence electrons. The van der Waals surface area contributed by atoms with Crippen LogP contribution in [0.5, 0.6) is 0 Å². The van der Waals surface area contributed by atoms with Crippen molar-refractivity contribution in [1.82, 2.24) is 0 Å². The summed E-state index contributed by atoms with van der Waals surface area (Å²) in [6.07, 6.45) is -2.82. The Morgan fingerprint density at radius 3 is 2.00 bits per heavy atom. The molecule has 4 nitrogen and oxygen atoms in total. The van der Waals surface area contributed by atoms with E-state index in [0.717, 1.165) is 0 Å². The van der Waals surface area contributed by atoms with Crippen molar-refractivity contribution in [1.29, 1.82) is 0 Å². The third kappa shape index (κ3) is 2.40. The van der Waals surface area contributed by atoms with Gasteiger partial charge in [0.1, 0.15) is 18.3 Å². The van der Waals surface area contributed by atoms with Crippen molar-refractivity contribution in [2.24, 2.45) is 5.92 Å². The fourth-order valence-corrected chi connectivity index (χ4v) is 1.48. The molecule has 1 saturated heterocycles. The van der Waals surface area contributed by atoms with E-state index in [1.165, 1.54) is 0 Å². The molecule has 0 saturated carbocycles. The van der Waals surface area contributed by atoms with Gasteiger partial charge in [0, 0.05) is 0 Å². The second kappa shape index (κ2) is 4.91. The predicted octanol–water partition coefficient (Wildman–Crippen LogP) is -0.240. The van der Waals surface area contributed by atoms with E-state index in [2.05, 4.69) is 0 Å². The molecule has 1 aliphatic rings. The van der Waals surface area contributed by atoms with E-state index in [9.17, 15) is 10.2 Å². The van der Waals surface area contributed by atoms with Gasteiger partial charge in [0.05, 0.1) is 12.7 Å². The van der Waals surface area contributed by atoms with E-state index in [1.807, 2.05) is 13.8 Å². The molecule has 1 aliphatic heterocycles. The van der Waals surface area contributed by atoms with E-state index in [-0.39, 0.29) is 26.1 Å². The van der Waals surface area contributed by atoms with E-state index in [1.54, 1.807) is 0 Å². The molecule has 0 amide bonds. The normalized spacial score (nSPS) is 39.2. The molecule has 4 atom stereocenters. The topological polar surface area (TPSA) is 69.9 Å². The van der Waals surface area contributed by atoms with Crippen LogP contribution < -0.4 is 0 Å². The van der Waals surface area contributed by atoms with Crippen LogP contribution in [-0.4, -0.2) is 46.3 Å². The molecule has 0 spiro atoms.